The number of nitrogens with one attached hydrogen (secondary N) is 2. The van der Waals surface area contributed by atoms with Gasteiger partial charge in [-0.2, -0.15) is 0 Å². The number of aromatic nitrogens is 1. The van der Waals surface area contributed by atoms with Gasteiger partial charge < -0.3 is 19.7 Å². The predicted octanol–water partition coefficient (Wildman–Crippen LogP) is 2.97. The number of nitrogens with zero attached hydrogens (tertiary/aromatic N) is 2. The molecule has 32 heavy (non-hydrogen) atoms. The molecule has 1 aromatic rings. The Morgan fingerprint density at radius 3 is 2.91 bits per heavy atom. The average Bonchev–Trinajstić information content (AvgIpc) is 3.28. The van der Waals surface area contributed by atoms with Crippen LogP contribution in [0.1, 0.15) is 39.8 Å². The molecule has 3 aliphatic rings. The van der Waals surface area contributed by atoms with Gasteiger partial charge in [-0.15, -0.1) is 23.1 Å². The zero-order valence-corrected chi connectivity index (χ0v) is 20.0. The topological polar surface area (TPSA) is 110 Å². The molecule has 2 amide bonds. The first-order valence-electron chi connectivity index (χ1n) is 10.4. The fourth-order valence-corrected chi connectivity index (χ4v) is 5.73. The fourth-order valence-electron chi connectivity index (χ4n) is 3.69. The van der Waals surface area contributed by atoms with E-state index in [9.17, 15) is 14.4 Å². The smallest absolute Gasteiger partial charge is 0.413 e. The third kappa shape index (κ3) is 4.63. The Kier molecular flexibility index (Phi) is 6.22. The minimum Gasteiger partial charge on any atom is -0.456 e. The zero-order valence-electron chi connectivity index (χ0n) is 18.4. The Morgan fingerprint density at radius 1 is 1.41 bits per heavy atom. The second-order valence-electron chi connectivity index (χ2n) is 8.65. The van der Waals surface area contributed by atoms with Crippen LogP contribution in [0.4, 0.5) is 9.93 Å². The van der Waals surface area contributed by atoms with E-state index in [1.807, 2.05) is 17.9 Å². The molecule has 0 saturated carbocycles. The number of esters is 1. The van der Waals surface area contributed by atoms with Gasteiger partial charge in [0, 0.05) is 23.3 Å². The monoisotopic (exact) mass is 478 g/mol. The Bertz CT molecular complexity index is 1010. The quantitative estimate of drug-likeness (QED) is 0.491. The molecule has 1 unspecified atom stereocenters. The van der Waals surface area contributed by atoms with E-state index in [0.717, 1.165) is 11.3 Å². The van der Waals surface area contributed by atoms with Crippen LogP contribution in [0.25, 0.3) is 5.57 Å². The third-order valence-corrected chi connectivity index (χ3v) is 7.22. The Morgan fingerprint density at radius 2 is 2.19 bits per heavy atom. The standard InChI is InChI=1S/C21H26N4O5S2/c1-5-6-12(14-10-32-19(23-14)24-20(28)30-21(2,3)4)16(26)22-13-7-25-15-11(8-29-18(15)27)9-31-17(13)25/h6,10,13,17H,5,7-9H2,1-4H3,(H,22,26)(H,23,24,28)/b12-6-/t13?,17-/m1/s1. The van der Waals surface area contributed by atoms with Gasteiger partial charge in [-0.25, -0.2) is 14.6 Å². The van der Waals surface area contributed by atoms with Crippen molar-refractivity contribution in [2.75, 3.05) is 24.2 Å². The van der Waals surface area contributed by atoms with Crippen molar-refractivity contribution in [3.8, 4) is 0 Å². The summed E-state index contributed by atoms with van der Waals surface area (Å²) < 4.78 is 10.4. The van der Waals surface area contributed by atoms with Crippen LogP contribution in [0.5, 0.6) is 0 Å². The molecule has 0 aromatic carbocycles. The number of fused-ring (bicyclic) bond motifs is 2. The van der Waals surface area contributed by atoms with Crippen LogP contribution in [0.2, 0.25) is 0 Å². The molecule has 3 aliphatic heterocycles. The van der Waals surface area contributed by atoms with Crippen molar-refractivity contribution >= 4 is 51.8 Å². The number of carbonyl (C=O) groups excluding carboxylic acids is 3. The number of thiazole rings is 1. The van der Waals surface area contributed by atoms with Crippen LogP contribution in [0, 0.1) is 0 Å². The molecule has 1 fully saturated rings. The number of thioether (sulfide) groups is 1. The second-order valence-corrected chi connectivity index (χ2v) is 10.6. The highest BCUT2D eigenvalue weighted by atomic mass is 32.2. The summed E-state index contributed by atoms with van der Waals surface area (Å²) in [5, 5.41) is 7.81. The molecule has 2 N–H and O–H groups in total. The summed E-state index contributed by atoms with van der Waals surface area (Å²) in [6.45, 7) is 8.23. The highest BCUT2D eigenvalue weighted by Crippen LogP contribution is 2.41. The first kappa shape index (κ1) is 22.7. The van der Waals surface area contributed by atoms with E-state index in [4.69, 9.17) is 9.47 Å². The van der Waals surface area contributed by atoms with Gasteiger partial charge in [0.15, 0.2) is 5.13 Å². The van der Waals surface area contributed by atoms with Gasteiger partial charge in [-0.3, -0.25) is 10.1 Å². The fraction of sp³-hybridized carbons (Fsp3) is 0.524. The highest BCUT2D eigenvalue weighted by Gasteiger charge is 2.49. The van der Waals surface area contributed by atoms with Crippen LogP contribution in [0.3, 0.4) is 0 Å². The summed E-state index contributed by atoms with van der Waals surface area (Å²) in [7, 11) is 0. The Hall–Kier alpha value is -2.53. The summed E-state index contributed by atoms with van der Waals surface area (Å²) in [6.07, 6.45) is 1.89. The van der Waals surface area contributed by atoms with Crippen molar-refractivity contribution in [2.24, 2.45) is 0 Å². The first-order valence-corrected chi connectivity index (χ1v) is 12.3. The molecule has 4 heterocycles. The second kappa shape index (κ2) is 8.78. The number of allylic oxidation sites excluding steroid dienone is 1. The number of rotatable bonds is 5. The van der Waals surface area contributed by atoms with E-state index < -0.39 is 11.7 Å². The molecule has 0 bridgehead atoms. The van der Waals surface area contributed by atoms with Crippen molar-refractivity contribution in [3.63, 3.8) is 0 Å². The van der Waals surface area contributed by atoms with Crippen molar-refractivity contribution in [2.45, 2.75) is 51.1 Å². The van der Waals surface area contributed by atoms with E-state index in [1.165, 1.54) is 11.3 Å². The van der Waals surface area contributed by atoms with Gasteiger partial charge in [0.05, 0.1) is 22.7 Å². The summed E-state index contributed by atoms with van der Waals surface area (Å²) in [4.78, 5) is 43.5. The third-order valence-electron chi connectivity index (χ3n) is 5.02. The van der Waals surface area contributed by atoms with Crippen LogP contribution in [0.15, 0.2) is 22.7 Å². The number of cyclic esters (lactones) is 1. The van der Waals surface area contributed by atoms with Crippen molar-refractivity contribution in [1.29, 1.82) is 0 Å². The van der Waals surface area contributed by atoms with Crippen LogP contribution in [-0.2, 0) is 19.1 Å². The molecule has 172 valence electrons. The maximum absolute atomic E-state index is 13.1. The number of ether oxygens (including phenoxy) is 2. The highest BCUT2D eigenvalue weighted by molar-refractivity contribution is 8.00. The van der Waals surface area contributed by atoms with E-state index >= 15 is 0 Å². The molecule has 4 rings (SSSR count). The van der Waals surface area contributed by atoms with Gasteiger partial charge in [0.2, 0.25) is 0 Å². The van der Waals surface area contributed by atoms with E-state index in [0.29, 0.717) is 41.7 Å². The maximum Gasteiger partial charge on any atom is 0.413 e. The Labute approximate surface area is 194 Å². The number of anilines is 1. The largest absolute Gasteiger partial charge is 0.456 e. The molecule has 11 heteroatoms. The van der Waals surface area contributed by atoms with Gasteiger partial charge in [-0.1, -0.05) is 13.0 Å². The maximum atomic E-state index is 13.1. The molecule has 0 radical (unpaired) electrons. The molecular weight excluding hydrogens is 452 g/mol. The number of carbonyl (C=O) groups is 3. The predicted molar refractivity (Wildman–Crippen MR) is 123 cm³/mol. The number of amides is 2. The molecule has 0 aliphatic carbocycles. The lowest BCUT2D eigenvalue weighted by atomic mass is 10.0. The lowest BCUT2D eigenvalue weighted by Gasteiger charge is -2.51. The minimum atomic E-state index is -0.614. The average molecular weight is 479 g/mol. The van der Waals surface area contributed by atoms with Crippen LogP contribution >= 0.6 is 23.1 Å². The van der Waals surface area contributed by atoms with E-state index in [1.54, 1.807) is 37.9 Å². The molecule has 0 spiro atoms. The van der Waals surface area contributed by atoms with Crippen molar-refractivity contribution in [1.82, 2.24) is 15.2 Å². The summed E-state index contributed by atoms with van der Waals surface area (Å²) >= 11 is 2.93. The Balaban J connectivity index is 1.39. The number of hydrogen-bond donors (Lipinski definition) is 2. The van der Waals surface area contributed by atoms with Gasteiger partial charge >= 0.3 is 12.1 Å². The molecule has 1 saturated heterocycles. The molecule has 9 nitrogen and oxygen atoms in total. The zero-order chi connectivity index (χ0) is 23.0. The minimum absolute atomic E-state index is 0.0195. The van der Waals surface area contributed by atoms with Crippen molar-refractivity contribution in [3.05, 3.63) is 28.4 Å². The molecule has 1 aromatic heterocycles. The van der Waals surface area contributed by atoms with Gasteiger partial charge in [-0.05, 0) is 27.2 Å². The SMILES string of the molecule is CC/C=C(\C(=O)NC1CN2C3=C(COC3=O)CS[C@H]12)c1csc(NC(=O)OC(C)(C)C)n1. The van der Waals surface area contributed by atoms with Crippen LogP contribution < -0.4 is 10.6 Å². The lowest BCUT2D eigenvalue weighted by molar-refractivity contribution is -0.138. The van der Waals surface area contributed by atoms with Gasteiger partial charge in [0.25, 0.3) is 5.91 Å². The normalized spacial score (nSPS) is 22.6. The van der Waals surface area contributed by atoms with Gasteiger partial charge in [0.1, 0.15) is 17.9 Å². The number of hydrogen-bond acceptors (Lipinski definition) is 9. The summed E-state index contributed by atoms with van der Waals surface area (Å²) in [5.74, 6) is 0.243. The lowest BCUT2D eigenvalue weighted by Crippen LogP contribution is -2.66. The van der Waals surface area contributed by atoms with Crippen molar-refractivity contribution < 1.29 is 23.9 Å². The van der Waals surface area contributed by atoms with Crippen LogP contribution in [-0.4, -0.2) is 63.8 Å². The van der Waals surface area contributed by atoms with E-state index in [2.05, 4.69) is 15.6 Å². The van der Waals surface area contributed by atoms with E-state index in [-0.39, 0.29) is 23.3 Å². The summed E-state index contributed by atoms with van der Waals surface area (Å²) in [5.41, 5.74) is 2.04. The molecular formula is C21H26N4O5S2. The first-order chi connectivity index (χ1) is 15.2. The molecule has 2 atom stereocenters. The summed E-state index contributed by atoms with van der Waals surface area (Å²) in [6, 6.07) is -0.0757.